The Morgan fingerprint density at radius 1 is 1.62 bits per heavy atom. The van der Waals surface area contributed by atoms with E-state index in [1.165, 1.54) is 11.3 Å². The largest absolute Gasteiger partial charge is 0.462 e. The fourth-order valence-corrected chi connectivity index (χ4v) is 1.33. The number of carbonyl (C=O) groups excluding carboxylic acids is 1. The van der Waals surface area contributed by atoms with Gasteiger partial charge in [0.1, 0.15) is 6.26 Å². The fraction of sp³-hybridized carbons (Fsp3) is 0.273. The summed E-state index contributed by atoms with van der Waals surface area (Å²) in [5.74, 6) is 0.318. The van der Waals surface area contributed by atoms with Crippen molar-refractivity contribution in [1.82, 2.24) is 4.98 Å². The number of hydroxylamine groups is 1. The molecule has 0 unspecified atom stereocenters. The molecule has 0 amide bonds. The van der Waals surface area contributed by atoms with E-state index in [4.69, 9.17) is 9.57 Å². The predicted octanol–water partition coefficient (Wildman–Crippen LogP) is 1.28. The molecular weight excluding hydrogens is 208 g/mol. The molecule has 0 N–H and O–H groups in total. The number of carbonyl (C=O) groups is 1. The number of anilines is 1. The molecule has 16 heavy (non-hydrogen) atoms. The first kappa shape index (κ1) is 10.5. The van der Waals surface area contributed by atoms with Gasteiger partial charge in [0.15, 0.2) is 5.82 Å². The summed E-state index contributed by atoms with van der Waals surface area (Å²) in [6.45, 7) is 2.49. The monoisotopic (exact) mass is 220 g/mol. The highest BCUT2D eigenvalue weighted by Gasteiger charge is 2.23. The lowest BCUT2D eigenvalue weighted by Gasteiger charge is -2.14. The topological polar surface area (TPSA) is 51.7 Å². The maximum absolute atomic E-state index is 11.4. The lowest BCUT2D eigenvalue weighted by molar-refractivity contribution is -0.138. The average Bonchev–Trinajstić information content (AvgIpc) is 2.80. The molecule has 1 aromatic heterocycles. The van der Waals surface area contributed by atoms with Crippen molar-refractivity contribution in [1.29, 1.82) is 0 Å². The van der Waals surface area contributed by atoms with E-state index in [-0.39, 0.29) is 5.97 Å². The molecule has 0 saturated carbocycles. The van der Waals surface area contributed by atoms with E-state index in [1.807, 2.05) is 18.2 Å². The minimum absolute atomic E-state index is 0.346. The Kier molecular flexibility index (Phi) is 3.05. The number of nitrogens with zero attached hydrogens (tertiary/aromatic N) is 2. The van der Waals surface area contributed by atoms with Crippen LogP contribution in [0.25, 0.3) is 0 Å². The van der Waals surface area contributed by atoms with Gasteiger partial charge in [-0.05, 0) is 19.1 Å². The Morgan fingerprint density at radius 3 is 3.19 bits per heavy atom. The summed E-state index contributed by atoms with van der Waals surface area (Å²) >= 11 is 0. The Bertz CT molecular complexity index is 403. The van der Waals surface area contributed by atoms with Crippen molar-refractivity contribution in [3.05, 3.63) is 36.2 Å². The van der Waals surface area contributed by atoms with E-state index in [1.54, 1.807) is 13.1 Å². The molecule has 0 spiro atoms. The third-order valence-electron chi connectivity index (χ3n) is 2.08. The van der Waals surface area contributed by atoms with Gasteiger partial charge >= 0.3 is 5.97 Å². The van der Waals surface area contributed by atoms with Gasteiger partial charge in [-0.1, -0.05) is 6.07 Å². The molecular formula is C11H12N2O3. The van der Waals surface area contributed by atoms with Gasteiger partial charge in [-0.15, -0.1) is 0 Å². The van der Waals surface area contributed by atoms with E-state index in [9.17, 15) is 4.79 Å². The van der Waals surface area contributed by atoms with Crippen LogP contribution in [0.4, 0.5) is 5.82 Å². The van der Waals surface area contributed by atoms with Crippen LogP contribution in [0.1, 0.15) is 6.92 Å². The van der Waals surface area contributed by atoms with E-state index in [0.29, 0.717) is 24.5 Å². The van der Waals surface area contributed by atoms with Gasteiger partial charge in [-0.25, -0.2) is 9.78 Å². The van der Waals surface area contributed by atoms with Crippen LogP contribution in [0, 0.1) is 0 Å². The minimum atomic E-state index is -0.346. The van der Waals surface area contributed by atoms with Gasteiger partial charge in [0.25, 0.3) is 0 Å². The van der Waals surface area contributed by atoms with Crippen molar-refractivity contribution < 1.29 is 14.4 Å². The number of aromatic nitrogens is 1. The molecule has 84 valence electrons. The zero-order chi connectivity index (χ0) is 11.4. The van der Waals surface area contributed by atoms with Crippen LogP contribution in [0.15, 0.2) is 36.2 Å². The number of esters is 1. The van der Waals surface area contributed by atoms with Crippen molar-refractivity contribution in [2.45, 2.75) is 6.92 Å². The number of hydrogen-bond donors (Lipinski definition) is 0. The molecule has 5 heteroatoms. The molecule has 1 aromatic rings. The third-order valence-corrected chi connectivity index (χ3v) is 2.08. The highest BCUT2D eigenvalue weighted by Crippen LogP contribution is 2.18. The van der Waals surface area contributed by atoms with Crippen LogP contribution in [-0.2, 0) is 14.4 Å². The standard InChI is InChI=1S/C11H12N2O3/c1-2-15-11(14)9-7-13(16-8-9)10-5-3-4-6-12-10/h3-6,8H,2,7H2,1H3. The molecule has 0 bridgehead atoms. The Hall–Kier alpha value is -2.04. The Morgan fingerprint density at radius 2 is 2.50 bits per heavy atom. The van der Waals surface area contributed by atoms with Crippen molar-refractivity contribution in [3.63, 3.8) is 0 Å². The van der Waals surface area contributed by atoms with E-state index >= 15 is 0 Å². The third kappa shape index (κ3) is 2.13. The second kappa shape index (κ2) is 4.65. The molecule has 1 aliphatic rings. The molecule has 0 fully saturated rings. The Balaban J connectivity index is 1.99. The fourth-order valence-electron chi connectivity index (χ4n) is 1.33. The lowest BCUT2D eigenvalue weighted by Crippen LogP contribution is -2.21. The van der Waals surface area contributed by atoms with Crippen molar-refractivity contribution in [3.8, 4) is 0 Å². The maximum atomic E-state index is 11.4. The number of pyridine rings is 1. The van der Waals surface area contributed by atoms with Crippen LogP contribution in [0.5, 0.6) is 0 Å². The second-order valence-electron chi connectivity index (χ2n) is 3.19. The quantitative estimate of drug-likeness (QED) is 0.718. The van der Waals surface area contributed by atoms with Gasteiger partial charge in [-0.3, -0.25) is 0 Å². The van der Waals surface area contributed by atoms with Gasteiger partial charge in [0.2, 0.25) is 0 Å². The molecule has 0 radical (unpaired) electrons. The van der Waals surface area contributed by atoms with Crippen LogP contribution in [0.2, 0.25) is 0 Å². The zero-order valence-electron chi connectivity index (χ0n) is 8.92. The van der Waals surface area contributed by atoms with Crippen LogP contribution in [-0.4, -0.2) is 24.1 Å². The van der Waals surface area contributed by atoms with E-state index in [0.717, 1.165) is 0 Å². The lowest BCUT2D eigenvalue weighted by atomic mass is 10.3. The van der Waals surface area contributed by atoms with Gasteiger partial charge in [-0.2, -0.15) is 5.06 Å². The molecule has 0 saturated heterocycles. The predicted molar refractivity (Wildman–Crippen MR) is 57.4 cm³/mol. The SMILES string of the molecule is CCOC(=O)C1=CON(c2ccccn2)C1. The highest BCUT2D eigenvalue weighted by molar-refractivity contribution is 5.89. The van der Waals surface area contributed by atoms with Crippen molar-refractivity contribution in [2.24, 2.45) is 0 Å². The van der Waals surface area contributed by atoms with Crippen LogP contribution in [0.3, 0.4) is 0 Å². The zero-order valence-corrected chi connectivity index (χ0v) is 8.92. The second-order valence-corrected chi connectivity index (χ2v) is 3.19. The first-order valence-electron chi connectivity index (χ1n) is 5.02. The minimum Gasteiger partial charge on any atom is -0.462 e. The van der Waals surface area contributed by atoms with Crippen molar-refractivity contribution in [2.75, 3.05) is 18.2 Å². The molecule has 5 nitrogen and oxygen atoms in total. The summed E-state index contributed by atoms with van der Waals surface area (Å²) in [4.78, 5) is 20.7. The van der Waals surface area contributed by atoms with Gasteiger partial charge < -0.3 is 9.57 Å². The summed E-state index contributed by atoms with van der Waals surface area (Å²) in [7, 11) is 0. The van der Waals surface area contributed by atoms with E-state index in [2.05, 4.69) is 4.98 Å². The van der Waals surface area contributed by atoms with Crippen LogP contribution >= 0.6 is 0 Å². The Labute approximate surface area is 93.2 Å². The summed E-state index contributed by atoms with van der Waals surface area (Å²) in [6.07, 6.45) is 3.06. The van der Waals surface area contributed by atoms with Gasteiger partial charge in [0, 0.05) is 6.20 Å². The number of rotatable bonds is 3. The number of hydrogen-bond acceptors (Lipinski definition) is 5. The molecule has 0 aliphatic carbocycles. The molecule has 1 aliphatic heterocycles. The summed E-state index contributed by atoms with van der Waals surface area (Å²) < 4.78 is 4.88. The summed E-state index contributed by atoms with van der Waals surface area (Å²) in [6, 6.07) is 5.48. The first-order chi connectivity index (χ1) is 7.81. The first-order valence-corrected chi connectivity index (χ1v) is 5.02. The number of ether oxygens (including phenoxy) is 1. The van der Waals surface area contributed by atoms with Gasteiger partial charge in [0.05, 0.1) is 18.7 Å². The summed E-state index contributed by atoms with van der Waals surface area (Å²) in [5, 5.41) is 1.53. The molecule has 2 rings (SSSR count). The molecule has 0 atom stereocenters. The smallest absolute Gasteiger partial charge is 0.339 e. The van der Waals surface area contributed by atoms with Crippen molar-refractivity contribution >= 4 is 11.8 Å². The van der Waals surface area contributed by atoms with E-state index < -0.39 is 0 Å². The maximum Gasteiger partial charge on any atom is 0.339 e. The summed E-state index contributed by atoms with van der Waals surface area (Å²) in [5.41, 5.74) is 0.493. The van der Waals surface area contributed by atoms with Crippen LogP contribution < -0.4 is 5.06 Å². The highest BCUT2D eigenvalue weighted by atomic mass is 16.7. The normalized spacial score (nSPS) is 14.3. The molecule has 0 aromatic carbocycles. The average molecular weight is 220 g/mol. The molecule has 2 heterocycles.